The maximum atomic E-state index is 12.8. The summed E-state index contributed by atoms with van der Waals surface area (Å²) in [7, 11) is 0. The minimum atomic E-state index is -0.278. The maximum absolute atomic E-state index is 12.8. The van der Waals surface area contributed by atoms with Gasteiger partial charge in [-0.25, -0.2) is 0 Å². The van der Waals surface area contributed by atoms with E-state index in [4.69, 9.17) is 0 Å². The van der Waals surface area contributed by atoms with Crippen molar-refractivity contribution >= 4 is 27.3 Å². The normalized spacial score (nSPS) is 12.0. The zero-order valence-electron chi connectivity index (χ0n) is 13.4. The van der Waals surface area contributed by atoms with Gasteiger partial charge in [-0.15, -0.1) is 11.3 Å². The Morgan fingerprint density at radius 3 is 2.44 bits per heavy atom. The van der Waals surface area contributed by atoms with E-state index in [1.165, 1.54) is 11.3 Å². The first-order chi connectivity index (χ1) is 12.3. The highest BCUT2D eigenvalue weighted by atomic mass is 32.1. The lowest BCUT2D eigenvalue weighted by molar-refractivity contribution is 0.0946. The van der Waals surface area contributed by atoms with Gasteiger partial charge in [-0.05, 0) is 35.2 Å². The van der Waals surface area contributed by atoms with E-state index in [0.717, 1.165) is 21.3 Å². The smallest absolute Gasteiger partial charge is 0.262 e. The third kappa shape index (κ3) is 3.30. The van der Waals surface area contributed by atoms with Gasteiger partial charge in [-0.3, -0.25) is 9.78 Å². The third-order valence-electron chi connectivity index (χ3n) is 4.04. The molecule has 4 rings (SSSR count). The predicted octanol–water partition coefficient (Wildman–Crippen LogP) is 4.82. The van der Waals surface area contributed by atoms with Crippen LogP contribution in [-0.2, 0) is 0 Å². The van der Waals surface area contributed by atoms with Crippen LogP contribution in [0.5, 0.6) is 0 Å². The standard InChI is InChI=1S/C21H16N2OS/c24-21(19-14-16-10-4-5-12-18(16)25-19)23-20(15-8-2-1-3-9-15)17-11-6-7-13-22-17/h1-14,20H,(H,23,24). The van der Waals surface area contributed by atoms with E-state index < -0.39 is 0 Å². The lowest BCUT2D eigenvalue weighted by Gasteiger charge is -2.18. The van der Waals surface area contributed by atoms with Crippen molar-refractivity contribution in [2.24, 2.45) is 0 Å². The molecule has 1 N–H and O–H groups in total. The number of carbonyl (C=O) groups excluding carboxylic acids is 1. The molecule has 0 spiro atoms. The number of carbonyl (C=O) groups is 1. The predicted molar refractivity (Wildman–Crippen MR) is 102 cm³/mol. The lowest BCUT2D eigenvalue weighted by Crippen LogP contribution is -2.29. The van der Waals surface area contributed by atoms with Crippen LogP contribution in [-0.4, -0.2) is 10.9 Å². The molecule has 4 heteroatoms. The number of nitrogens with zero attached hydrogens (tertiary/aromatic N) is 1. The highest BCUT2D eigenvalue weighted by Gasteiger charge is 2.20. The molecule has 122 valence electrons. The third-order valence-corrected chi connectivity index (χ3v) is 5.16. The minimum absolute atomic E-state index is 0.0827. The summed E-state index contributed by atoms with van der Waals surface area (Å²) < 4.78 is 1.11. The molecule has 0 aliphatic heterocycles. The van der Waals surface area contributed by atoms with Crippen LogP contribution in [0.2, 0.25) is 0 Å². The topological polar surface area (TPSA) is 42.0 Å². The van der Waals surface area contributed by atoms with Gasteiger partial charge in [0.1, 0.15) is 0 Å². The van der Waals surface area contributed by atoms with Gasteiger partial charge in [0.25, 0.3) is 5.91 Å². The fraction of sp³-hybridized carbons (Fsp3) is 0.0476. The first-order valence-corrected chi connectivity index (χ1v) is 8.88. The van der Waals surface area contributed by atoms with Gasteiger partial charge in [-0.2, -0.15) is 0 Å². The molecule has 4 aromatic rings. The highest BCUT2D eigenvalue weighted by molar-refractivity contribution is 7.20. The molecule has 0 saturated heterocycles. The van der Waals surface area contributed by atoms with Crippen molar-refractivity contribution in [3.05, 3.63) is 101 Å². The van der Waals surface area contributed by atoms with Gasteiger partial charge in [0.15, 0.2) is 0 Å². The highest BCUT2D eigenvalue weighted by Crippen LogP contribution is 2.27. The van der Waals surface area contributed by atoms with Crippen molar-refractivity contribution in [1.29, 1.82) is 0 Å². The molecule has 2 heterocycles. The Bertz CT molecular complexity index is 924. The number of thiophene rings is 1. The molecular formula is C21H16N2OS. The summed E-state index contributed by atoms with van der Waals surface area (Å²) >= 11 is 1.51. The van der Waals surface area contributed by atoms with Crippen molar-refractivity contribution in [3.63, 3.8) is 0 Å². The summed E-state index contributed by atoms with van der Waals surface area (Å²) in [5.74, 6) is -0.0827. The van der Waals surface area contributed by atoms with Crippen LogP contribution in [0, 0.1) is 0 Å². The molecule has 0 bridgehead atoms. The molecule has 3 nitrogen and oxygen atoms in total. The Hall–Kier alpha value is -2.98. The Balaban J connectivity index is 1.67. The summed E-state index contributed by atoms with van der Waals surface area (Å²) in [6.45, 7) is 0. The van der Waals surface area contributed by atoms with Crippen molar-refractivity contribution in [3.8, 4) is 0 Å². The fourth-order valence-corrected chi connectivity index (χ4v) is 3.78. The van der Waals surface area contributed by atoms with Crippen molar-refractivity contribution in [2.75, 3.05) is 0 Å². The molecule has 0 saturated carbocycles. The van der Waals surface area contributed by atoms with Crippen molar-refractivity contribution in [1.82, 2.24) is 10.3 Å². The quantitative estimate of drug-likeness (QED) is 0.577. The number of nitrogens with one attached hydrogen (secondary N) is 1. The van der Waals surface area contributed by atoms with E-state index in [0.29, 0.717) is 4.88 Å². The summed E-state index contributed by atoms with van der Waals surface area (Å²) in [5.41, 5.74) is 1.83. The van der Waals surface area contributed by atoms with Gasteiger partial charge in [0.05, 0.1) is 16.6 Å². The number of aromatic nitrogens is 1. The summed E-state index contributed by atoms with van der Waals surface area (Å²) in [6.07, 6.45) is 1.75. The first kappa shape index (κ1) is 15.5. The van der Waals surface area contributed by atoms with E-state index in [1.54, 1.807) is 6.20 Å². The van der Waals surface area contributed by atoms with Crippen LogP contribution in [0.25, 0.3) is 10.1 Å². The zero-order valence-corrected chi connectivity index (χ0v) is 14.2. The van der Waals surface area contributed by atoms with Crippen molar-refractivity contribution in [2.45, 2.75) is 6.04 Å². The Morgan fingerprint density at radius 1 is 0.920 bits per heavy atom. The number of rotatable bonds is 4. The summed E-state index contributed by atoms with van der Waals surface area (Å²) in [6, 6.07) is 25.3. The SMILES string of the molecule is O=C(NC(c1ccccc1)c1ccccn1)c1cc2ccccc2s1. The average molecular weight is 344 g/mol. The fourth-order valence-electron chi connectivity index (χ4n) is 2.82. The number of benzene rings is 2. The van der Waals surface area contributed by atoms with E-state index >= 15 is 0 Å². The number of fused-ring (bicyclic) bond motifs is 1. The molecular weight excluding hydrogens is 328 g/mol. The molecule has 1 amide bonds. The van der Waals surface area contributed by atoms with Crippen LogP contribution in [0.1, 0.15) is 27.0 Å². The number of hydrogen-bond acceptors (Lipinski definition) is 3. The van der Waals surface area contributed by atoms with Gasteiger partial charge in [-0.1, -0.05) is 54.6 Å². The number of amides is 1. The van der Waals surface area contributed by atoms with Gasteiger partial charge < -0.3 is 5.32 Å². The number of hydrogen-bond donors (Lipinski definition) is 1. The molecule has 1 unspecified atom stereocenters. The van der Waals surface area contributed by atoms with E-state index in [2.05, 4.69) is 10.3 Å². The van der Waals surface area contributed by atoms with E-state index in [-0.39, 0.29) is 11.9 Å². The van der Waals surface area contributed by atoms with E-state index in [1.807, 2.05) is 78.9 Å². The van der Waals surface area contributed by atoms with Crippen LogP contribution < -0.4 is 5.32 Å². The summed E-state index contributed by atoms with van der Waals surface area (Å²) in [5, 5.41) is 4.23. The lowest BCUT2D eigenvalue weighted by atomic mass is 10.0. The molecule has 1 atom stereocenters. The summed E-state index contributed by atoms with van der Waals surface area (Å²) in [4.78, 5) is 18.0. The zero-order chi connectivity index (χ0) is 17.1. The molecule has 0 fully saturated rings. The van der Waals surface area contributed by atoms with E-state index in [9.17, 15) is 4.79 Å². The largest absolute Gasteiger partial charge is 0.339 e. The first-order valence-electron chi connectivity index (χ1n) is 8.06. The van der Waals surface area contributed by atoms with Gasteiger partial charge >= 0.3 is 0 Å². The molecule has 0 radical (unpaired) electrons. The monoisotopic (exact) mass is 344 g/mol. The van der Waals surface area contributed by atoms with Gasteiger partial charge in [0.2, 0.25) is 0 Å². The van der Waals surface area contributed by atoms with Gasteiger partial charge in [0, 0.05) is 10.9 Å². The molecule has 2 aromatic carbocycles. The van der Waals surface area contributed by atoms with Crippen LogP contribution in [0.4, 0.5) is 0 Å². The second-order valence-electron chi connectivity index (χ2n) is 5.72. The second kappa shape index (κ2) is 6.87. The van der Waals surface area contributed by atoms with Crippen molar-refractivity contribution < 1.29 is 4.79 Å². The van der Waals surface area contributed by atoms with Crippen LogP contribution in [0.15, 0.2) is 85.1 Å². The van der Waals surface area contributed by atoms with Crippen LogP contribution >= 0.6 is 11.3 Å². The van der Waals surface area contributed by atoms with Crippen LogP contribution in [0.3, 0.4) is 0 Å². The molecule has 2 aromatic heterocycles. The molecule has 0 aliphatic carbocycles. The second-order valence-corrected chi connectivity index (χ2v) is 6.80. The molecule has 0 aliphatic rings. The Kier molecular flexibility index (Phi) is 4.27. The number of pyridine rings is 1. The Labute approximate surface area is 150 Å². The molecule has 25 heavy (non-hydrogen) atoms. The maximum Gasteiger partial charge on any atom is 0.262 e. The minimum Gasteiger partial charge on any atom is -0.339 e. The Morgan fingerprint density at radius 2 is 1.68 bits per heavy atom. The average Bonchev–Trinajstić information content (AvgIpc) is 3.12.